The van der Waals surface area contributed by atoms with Gasteiger partial charge in [0.15, 0.2) is 0 Å². The Kier molecular flexibility index (Phi) is 7.85. The van der Waals surface area contributed by atoms with Gasteiger partial charge in [-0.3, -0.25) is 47.3 Å². The molecule has 5 heterocycles. The fraction of sp³-hybridized carbons (Fsp3) is 0.970. The van der Waals surface area contributed by atoms with E-state index in [0.29, 0.717) is 78.2 Å². The lowest BCUT2D eigenvalue weighted by Gasteiger charge is -2.36. The Balaban J connectivity index is 1.05. The van der Waals surface area contributed by atoms with Crippen molar-refractivity contribution in [3.8, 4) is 0 Å². The molecule has 9 rings (SSSR count). The second-order valence-electron chi connectivity index (χ2n) is 16.1. The smallest absolute Gasteiger partial charge is 0.224 e. The van der Waals surface area contributed by atoms with E-state index in [1.807, 2.05) is 0 Å². The lowest BCUT2D eigenvalue weighted by molar-refractivity contribution is -0.116. The first kappa shape index (κ1) is 28.8. The van der Waals surface area contributed by atoms with E-state index in [1.54, 1.807) is 0 Å². The molecule has 9 fully saturated rings. The van der Waals surface area contributed by atoms with E-state index >= 15 is 0 Å². The molecule has 240 valence electrons. The zero-order valence-electron chi connectivity index (χ0n) is 25.7. The van der Waals surface area contributed by atoms with Crippen molar-refractivity contribution in [3.05, 3.63) is 0 Å². The van der Waals surface area contributed by atoms with Crippen LogP contribution >= 0.6 is 11.6 Å². The second kappa shape index (κ2) is 11.7. The van der Waals surface area contributed by atoms with E-state index in [4.69, 9.17) is 11.6 Å². The average Bonchev–Trinajstić information content (AvgIpc) is 3.76. The Hall–Kier alpha value is -0.360. The zero-order valence-corrected chi connectivity index (χ0v) is 26.5. The summed E-state index contributed by atoms with van der Waals surface area (Å²) < 4.78 is 0. The van der Waals surface area contributed by atoms with E-state index in [2.05, 4.69) is 42.5 Å². The topological polar surface area (TPSA) is 113 Å². The van der Waals surface area contributed by atoms with Crippen molar-refractivity contribution in [2.75, 3.05) is 0 Å². The molecule has 5 aliphatic heterocycles. The van der Waals surface area contributed by atoms with Crippen LogP contribution in [-0.2, 0) is 4.79 Å². The Morgan fingerprint density at radius 2 is 0.628 bits per heavy atom. The molecule has 9 aliphatic rings. The van der Waals surface area contributed by atoms with Crippen LogP contribution in [0.15, 0.2) is 0 Å². The van der Waals surface area contributed by atoms with Crippen molar-refractivity contribution in [1.82, 2.24) is 42.5 Å². The highest BCUT2D eigenvalue weighted by molar-refractivity contribution is 6.63. The number of halogens is 1. The molecule has 4 aliphatic carbocycles. The lowest BCUT2D eigenvalue weighted by Crippen LogP contribution is -2.61. The average molecular weight is 615 g/mol. The molecule has 8 N–H and O–H groups in total. The number of nitrogens with one attached hydrogen (secondary N) is 8. The number of carbonyl (C=O) groups is 1. The number of hydrogen-bond acceptors (Lipinski definition) is 9. The van der Waals surface area contributed by atoms with Crippen molar-refractivity contribution in [1.29, 1.82) is 0 Å². The van der Waals surface area contributed by atoms with E-state index in [0.717, 1.165) is 19.3 Å². The molecule has 0 aromatic carbocycles. The normalized spacial score (nSPS) is 56.1. The zero-order chi connectivity index (χ0) is 28.7. The minimum Gasteiger partial charge on any atom is -0.286 e. The Morgan fingerprint density at radius 1 is 0.372 bits per heavy atom. The predicted octanol–water partition coefficient (Wildman–Crippen LogP) is 2.60. The molecule has 8 bridgehead atoms. The van der Waals surface area contributed by atoms with Crippen molar-refractivity contribution < 1.29 is 4.79 Å². The highest BCUT2D eigenvalue weighted by atomic mass is 35.5. The number of carbonyl (C=O) groups excluding carboxylic acids is 1. The van der Waals surface area contributed by atoms with Crippen LogP contribution in [0.5, 0.6) is 0 Å². The van der Waals surface area contributed by atoms with Crippen molar-refractivity contribution in [2.45, 2.75) is 146 Å². The van der Waals surface area contributed by atoms with Crippen LogP contribution in [0.25, 0.3) is 0 Å². The van der Waals surface area contributed by atoms with Gasteiger partial charge in [-0.25, -0.2) is 0 Å². The maximum absolute atomic E-state index is 12.4. The molecule has 0 aromatic heterocycles. The van der Waals surface area contributed by atoms with Crippen LogP contribution in [-0.4, -0.2) is 54.6 Å². The highest BCUT2D eigenvalue weighted by Gasteiger charge is 2.55. The summed E-state index contributed by atoms with van der Waals surface area (Å²) in [5, 5.41) is 33.2. The third-order valence-corrected chi connectivity index (χ3v) is 14.5. The van der Waals surface area contributed by atoms with Crippen molar-refractivity contribution in [3.63, 3.8) is 0 Å². The summed E-state index contributed by atoms with van der Waals surface area (Å²) in [7, 11) is 0. The molecule has 5 saturated heterocycles. The van der Waals surface area contributed by atoms with Gasteiger partial charge >= 0.3 is 0 Å². The van der Waals surface area contributed by atoms with Crippen LogP contribution in [0.2, 0.25) is 0 Å². The van der Waals surface area contributed by atoms with Gasteiger partial charge in [0, 0.05) is 5.92 Å². The third kappa shape index (κ3) is 5.07. The molecular weight excluding hydrogens is 560 g/mol. The first-order valence-corrected chi connectivity index (χ1v) is 18.8. The molecular formula is C33H55ClN8O. The third-order valence-electron chi connectivity index (χ3n) is 14.2. The summed E-state index contributed by atoms with van der Waals surface area (Å²) >= 11 is 6.14. The van der Waals surface area contributed by atoms with Gasteiger partial charge in [-0.15, -0.1) is 0 Å². The molecule has 4 saturated carbocycles. The molecule has 17 unspecified atom stereocenters. The summed E-state index contributed by atoms with van der Waals surface area (Å²) in [6.45, 7) is 0. The maximum atomic E-state index is 12.4. The minimum atomic E-state index is -0.136. The molecule has 0 radical (unpaired) electrons. The standard InChI is InChI=1S/C33H55ClN8O/c34-25(43)16-13-14-23-24(15-16)33-41-31-22-12-6-5-11-21(22)29(39-31)37-27-18-8-2-1-7-17(18)26(35-27)36-28-19-9-3-4-10-20(19)30(38-28)40-32(23)42-33/h16-24,26-33,35-42H,1-15H2. The van der Waals surface area contributed by atoms with Crippen LogP contribution in [0.1, 0.15) is 96.3 Å². The molecule has 10 heteroatoms. The monoisotopic (exact) mass is 614 g/mol. The van der Waals surface area contributed by atoms with Gasteiger partial charge in [0.05, 0.1) is 49.3 Å². The van der Waals surface area contributed by atoms with Crippen LogP contribution in [0.4, 0.5) is 0 Å². The van der Waals surface area contributed by atoms with Crippen LogP contribution in [0, 0.1) is 53.3 Å². The largest absolute Gasteiger partial charge is 0.286 e. The lowest BCUT2D eigenvalue weighted by atomic mass is 9.73. The summed E-state index contributed by atoms with van der Waals surface area (Å²) in [4.78, 5) is 12.4. The van der Waals surface area contributed by atoms with E-state index < -0.39 is 0 Å². The van der Waals surface area contributed by atoms with Gasteiger partial charge in [-0.05, 0) is 117 Å². The van der Waals surface area contributed by atoms with Gasteiger partial charge < -0.3 is 0 Å². The summed E-state index contributed by atoms with van der Waals surface area (Å²) in [5.41, 5.74) is 0. The number of hydrogen-bond donors (Lipinski definition) is 8. The van der Waals surface area contributed by atoms with Gasteiger partial charge in [0.2, 0.25) is 5.24 Å². The molecule has 0 spiro atoms. The Bertz CT molecular complexity index is 1050. The number of fused-ring (bicyclic) bond motifs is 20. The molecule has 0 amide bonds. The van der Waals surface area contributed by atoms with Gasteiger partial charge in [-0.1, -0.05) is 38.5 Å². The Morgan fingerprint density at radius 3 is 0.907 bits per heavy atom. The predicted molar refractivity (Wildman–Crippen MR) is 167 cm³/mol. The van der Waals surface area contributed by atoms with Gasteiger partial charge in [0.1, 0.15) is 0 Å². The summed E-state index contributed by atoms with van der Waals surface area (Å²) in [5.74, 6) is 4.94. The fourth-order valence-electron chi connectivity index (χ4n) is 12.2. The quantitative estimate of drug-likeness (QED) is 0.211. The second-order valence-corrected chi connectivity index (χ2v) is 16.5. The molecule has 0 aromatic rings. The van der Waals surface area contributed by atoms with E-state index in [-0.39, 0.29) is 29.7 Å². The van der Waals surface area contributed by atoms with Crippen LogP contribution in [0.3, 0.4) is 0 Å². The maximum Gasteiger partial charge on any atom is 0.224 e. The number of rotatable bonds is 1. The fourth-order valence-corrected chi connectivity index (χ4v) is 12.4. The van der Waals surface area contributed by atoms with Crippen molar-refractivity contribution in [2.24, 2.45) is 53.3 Å². The highest BCUT2D eigenvalue weighted by Crippen LogP contribution is 2.46. The van der Waals surface area contributed by atoms with Gasteiger partial charge in [0.25, 0.3) is 0 Å². The Labute approximate surface area is 262 Å². The summed E-state index contributed by atoms with van der Waals surface area (Å²) in [6.07, 6.45) is 21.3. The molecule has 17 atom stereocenters. The minimum absolute atomic E-state index is 0.0127. The summed E-state index contributed by atoms with van der Waals surface area (Å²) in [6, 6.07) is 0. The van der Waals surface area contributed by atoms with Crippen molar-refractivity contribution >= 4 is 16.8 Å². The van der Waals surface area contributed by atoms with Gasteiger partial charge in [-0.2, -0.15) is 0 Å². The van der Waals surface area contributed by atoms with E-state index in [9.17, 15) is 4.79 Å². The molecule has 43 heavy (non-hydrogen) atoms. The first-order chi connectivity index (χ1) is 21.1. The first-order valence-electron chi connectivity index (χ1n) is 18.4. The SMILES string of the molecule is O=C(Cl)C1CCC2C3NC4NC(NC5NC(NC6NC(NC(N3)C2C1)C1CCCCC61)C1CCCCC51)C1CCCCC41. The van der Waals surface area contributed by atoms with Crippen LogP contribution < -0.4 is 42.5 Å². The van der Waals surface area contributed by atoms with E-state index in [1.165, 1.54) is 77.0 Å². The molecule has 9 nitrogen and oxygen atoms in total.